The third-order valence-corrected chi connectivity index (χ3v) is 2.91. The van der Waals surface area contributed by atoms with Crippen molar-refractivity contribution in [2.24, 2.45) is 0 Å². The number of hydrogen-bond acceptors (Lipinski definition) is 1. The molecule has 0 saturated heterocycles. The minimum absolute atomic E-state index is 0.182. The van der Waals surface area contributed by atoms with Crippen LogP contribution in [0.1, 0.15) is 31.7 Å². The molecule has 1 rings (SSSR count). The van der Waals surface area contributed by atoms with Crippen LogP contribution in [0.5, 0.6) is 5.75 Å². The van der Waals surface area contributed by atoms with Gasteiger partial charge in [0.1, 0.15) is 5.75 Å². The van der Waals surface area contributed by atoms with Crippen molar-refractivity contribution in [3.8, 4) is 5.75 Å². The van der Waals surface area contributed by atoms with Gasteiger partial charge in [-0.1, -0.05) is 24.6 Å². The van der Waals surface area contributed by atoms with Crippen molar-refractivity contribution in [3.05, 3.63) is 28.8 Å². The first-order valence-corrected chi connectivity index (χ1v) is 5.83. The van der Waals surface area contributed by atoms with Crippen molar-refractivity contribution in [1.82, 2.24) is 0 Å². The van der Waals surface area contributed by atoms with E-state index in [4.69, 9.17) is 27.9 Å². The van der Waals surface area contributed by atoms with E-state index in [2.05, 4.69) is 6.92 Å². The summed E-state index contributed by atoms with van der Waals surface area (Å²) in [7, 11) is 1.62. The molecule has 0 heterocycles. The van der Waals surface area contributed by atoms with Crippen LogP contribution in [0.15, 0.2) is 18.2 Å². The normalized spacial score (nSPS) is 14.7. The molecule has 2 unspecified atom stereocenters. The van der Waals surface area contributed by atoms with Crippen LogP contribution in [0, 0.1) is 0 Å². The molecule has 0 radical (unpaired) electrons. The van der Waals surface area contributed by atoms with Crippen molar-refractivity contribution >= 4 is 23.2 Å². The second-order valence-corrected chi connectivity index (χ2v) is 4.96. The molecule has 2 atom stereocenters. The van der Waals surface area contributed by atoms with Gasteiger partial charge >= 0.3 is 0 Å². The van der Waals surface area contributed by atoms with E-state index in [0.29, 0.717) is 10.9 Å². The highest BCUT2D eigenvalue weighted by atomic mass is 35.5. The van der Waals surface area contributed by atoms with Crippen LogP contribution in [-0.2, 0) is 0 Å². The Bertz CT molecular complexity index is 323. The quantitative estimate of drug-likeness (QED) is 0.713. The molecule has 1 aromatic rings. The number of rotatable bonds is 4. The summed E-state index contributed by atoms with van der Waals surface area (Å²) in [5.41, 5.74) is 1.21. The Balaban J connectivity index is 2.85. The van der Waals surface area contributed by atoms with Crippen LogP contribution in [-0.4, -0.2) is 12.5 Å². The number of methoxy groups -OCH3 is 1. The largest absolute Gasteiger partial charge is 0.495 e. The van der Waals surface area contributed by atoms with Crippen molar-refractivity contribution < 1.29 is 4.74 Å². The summed E-state index contributed by atoms with van der Waals surface area (Å²) in [5, 5.41) is 0.828. The van der Waals surface area contributed by atoms with Gasteiger partial charge in [0.05, 0.1) is 12.1 Å². The van der Waals surface area contributed by atoms with Crippen LogP contribution in [0.3, 0.4) is 0 Å². The molecule has 0 N–H and O–H groups in total. The molecule has 0 aliphatic heterocycles. The fraction of sp³-hybridized carbons (Fsp3) is 0.500. The average Bonchev–Trinajstić information content (AvgIpc) is 2.17. The number of ether oxygens (including phenoxy) is 1. The van der Waals surface area contributed by atoms with Crippen LogP contribution < -0.4 is 4.74 Å². The predicted molar refractivity (Wildman–Crippen MR) is 66.4 cm³/mol. The molecular formula is C12H16Cl2O. The van der Waals surface area contributed by atoms with E-state index < -0.39 is 0 Å². The van der Waals surface area contributed by atoms with Crippen LogP contribution in [0.4, 0.5) is 0 Å². The molecule has 0 aliphatic carbocycles. The lowest BCUT2D eigenvalue weighted by Crippen LogP contribution is -2.01. The molecule has 0 aliphatic rings. The maximum atomic E-state index is 5.97. The van der Waals surface area contributed by atoms with Crippen molar-refractivity contribution in [2.45, 2.75) is 31.6 Å². The van der Waals surface area contributed by atoms with E-state index in [1.807, 2.05) is 25.1 Å². The van der Waals surface area contributed by atoms with Gasteiger partial charge in [-0.25, -0.2) is 0 Å². The first-order valence-electron chi connectivity index (χ1n) is 5.02. The smallest absolute Gasteiger partial charge is 0.137 e. The van der Waals surface area contributed by atoms with Gasteiger partial charge in [-0.15, -0.1) is 11.6 Å². The average molecular weight is 247 g/mol. The summed E-state index contributed by atoms with van der Waals surface area (Å²) in [4.78, 5) is 0. The SMILES string of the molecule is COc1cc(C(C)CC(C)Cl)ccc1Cl. The van der Waals surface area contributed by atoms with Gasteiger partial charge in [0.2, 0.25) is 0 Å². The molecule has 1 nitrogen and oxygen atoms in total. The molecule has 0 fully saturated rings. The summed E-state index contributed by atoms with van der Waals surface area (Å²) < 4.78 is 5.18. The van der Waals surface area contributed by atoms with E-state index in [1.165, 1.54) is 5.56 Å². The maximum Gasteiger partial charge on any atom is 0.137 e. The number of halogens is 2. The molecule has 0 spiro atoms. The zero-order valence-corrected chi connectivity index (χ0v) is 10.8. The first-order chi connectivity index (χ1) is 7.04. The Hall–Kier alpha value is -0.400. The topological polar surface area (TPSA) is 9.23 Å². The third kappa shape index (κ3) is 3.58. The Morgan fingerprint density at radius 1 is 1.33 bits per heavy atom. The summed E-state index contributed by atoms with van der Waals surface area (Å²) >= 11 is 11.9. The third-order valence-electron chi connectivity index (χ3n) is 2.42. The van der Waals surface area contributed by atoms with Gasteiger partial charge in [0.25, 0.3) is 0 Å². The molecule has 0 amide bonds. The highest BCUT2D eigenvalue weighted by Crippen LogP contribution is 2.30. The predicted octanol–water partition coefficient (Wildman–Crippen LogP) is 4.47. The number of benzene rings is 1. The highest BCUT2D eigenvalue weighted by molar-refractivity contribution is 6.32. The minimum Gasteiger partial charge on any atom is -0.495 e. The fourth-order valence-corrected chi connectivity index (χ4v) is 2.07. The zero-order valence-electron chi connectivity index (χ0n) is 9.26. The van der Waals surface area contributed by atoms with E-state index >= 15 is 0 Å². The standard InChI is InChI=1S/C12H16Cl2O/c1-8(6-9(2)13)10-4-5-11(14)12(7-10)15-3/h4-5,7-9H,6H2,1-3H3. The lowest BCUT2D eigenvalue weighted by Gasteiger charge is -2.14. The van der Waals surface area contributed by atoms with Gasteiger partial charge in [0.15, 0.2) is 0 Å². The van der Waals surface area contributed by atoms with Crippen molar-refractivity contribution in [1.29, 1.82) is 0 Å². The Morgan fingerprint density at radius 2 is 2.00 bits per heavy atom. The van der Waals surface area contributed by atoms with E-state index in [-0.39, 0.29) is 5.38 Å². The zero-order chi connectivity index (χ0) is 11.4. The van der Waals surface area contributed by atoms with Gasteiger partial charge in [-0.2, -0.15) is 0 Å². The van der Waals surface area contributed by atoms with Gasteiger partial charge in [0, 0.05) is 5.38 Å². The molecule has 0 aromatic heterocycles. The number of hydrogen-bond donors (Lipinski definition) is 0. The Morgan fingerprint density at radius 3 is 2.53 bits per heavy atom. The molecule has 0 bridgehead atoms. The van der Waals surface area contributed by atoms with Crippen LogP contribution in [0.25, 0.3) is 0 Å². The molecule has 3 heteroatoms. The van der Waals surface area contributed by atoms with Crippen molar-refractivity contribution in [2.75, 3.05) is 7.11 Å². The van der Waals surface area contributed by atoms with Crippen LogP contribution in [0.2, 0.25) is 5.02 Å². The first kappa shape index (κ1) is 12.7. The molecule has 1 aromatic carbocycles. The Kier molecular flexibility index (Phi) is 4.75. The summed E-state index contributed by atoms with van der Waals surface area (Å²) in [6.45, 7) is 4.16. The minimum atomic E-state index is 0.182. The monoisotopic (exact) mass is 246 g/mol. The lowest BCUT2D eigenvalue weighted by atomic mass is 9.96. The summed E-state index contributed by atoms with van der Waals surface area (Å²) in [5.74, 6) is 1.15. The second-order valence-electron chi connectivity index (χ2n) is 3.81. The van der Waals surface area contributed by atoms with E-state index in [1.54, 1.807) is 7.11 Å². The van der Waals surface area contributed by atoms with E-state index in [0.717, 1.165) is 12.2 Å². The molecular weight excluding hydrogens is 231 g/mol. The molecule has 0 saturated carbocycles. The number of alkyl halides is 1. The van der Waals surface area contributed by atoms with E-state index in [9.17, 15) is 0 Å². The lowest BCUT2D eigenvalue weighted by molar-refractivity contribution is 0.414. The molecule has 15 heavy (non-hydrogen) atoms. The maximum absolute atomic E-state index is 5.97. The Labute approximate surface area is 101 Å². The van der Waals surface area contributed by atoms with Gasteiger partial charge < -0.3 is 4.74 Å². The highest BCUT2D eigenvalue weighted by Gasteiger charge is 2.11. The fourth-order valence-electron chi connectivity index (χ4n) is 1.61. The van der Waals surface area contributed by atoms with Crippen LogP contribution >= 0.6 is 23.2 Å². The summed E-state index contributed by atoms with van der Waals surface area (Å²) in [6, 6.07) is 5.87. The van der Waals surface area contributed by atoms with Crippen molar-refractivity contribution in [3.63, 3.8) is 0 Å². The summed E-state index contributed by atoms with van der Waals surface area (Å²) in [6.07, 6.45) is 0.951. The second kappa shape index (κ2) is 5.62. The van der Waals surface area contributed by atoms with Gasteiger partial charge in [-0.3, -0.25) is 0 Å². The molecule has 84 valence electrons. The van der Waals surface area contributed by atoms with Gasteiger partial charge in [-0.05, 0) is 37.0 Å².